The van der Waals surface area contributed by atoms with Crippen molar-refractivity contribution in [2.75, 3.05) is 0 Å². The second-order valence-electron chi connectivity index (χ2n) is 8.09. The van der Waals surface area contributed by atoms with E-state index in [2.05, 4.69) is 32.9 Å². The van der Waals surface area contributed by atoms with Crippen molar-refractivity contribution in [1.29, 1.82) is 0 Å². The molecule has 0 aliphatic carbocycles. The Morgan fingerprint density at radius 1 is 0.893 bits per heavy atom. The van der Waals surface area contributed by atoms with E-state index in [0.29, 0.717) is 5.56 Å². The summed E-state index contributed by atoms with van der Waals surface area (Å²) in [5, 5.41) is 0. The van der Waals surface area contributed by atoms with Crippen LogP contribution in [0.5, 0.6) is 0 Å². The summed E-state index contributed by atoms with van der Waals surface area (Å²) in [5.74, 6) is -0.697. The van der Waals surface area contributed by atoms with Gasteiger partial charge in [0.2, 0.25) is 11.8 Å². The van der Waals surface area contributed by atoms with Crippen molar-refractivity contribution in [3.63, 3.8) is 0 Å². The first-order valence-corrected chi connectivity index (χ1v) is 9.43. The van der Waals surface area contributed by atoms with Gasteiger partial charge in [0.05, 0.1) is 12.1 Å². The van der Waals surface area contributed by atoms with Crippen molar-refractivity contribution in [2.24, 2.45) is 0 Å². The van der Waals surface area contributed by atoms with Crippen LogP contribution in [0.15, 0.2) is 48.5 Å². The Balaban J connectivity index is 1.56. The Morgan fingerprint density at radius 3 is 1.96 bits per heavy atom. The van der Waals surface area contributed by atoms with Crippen LogP contribution in [-0.2, 0) is 32.9 Å². The average Bonchev–Trinajstić information content (AvgIpc) is 2.98. The van der Waals surface area contributed by atoms with E-state index < -0.39 is 5.97 Å². The topological polar surface area (TPSA) is 63.7 Å². The van der Waals surface area contributed by atoms with Gasteiger partial charge in [-0.05, 0) is 34.2 Å². The summed E-state index contributed by atoms with van der Waals surface area (Å²) >= 11 is 0. The number of benzene rings is 2. The zero-order valence-electron chi connectivity index (χ0n) is 16.5. The van der Waals surface area contributed by atoms with Crippen molar-refractivity contribution >= 4 is 17.8 Å². The lowest BCUT2D eigenvalue weighted by Gasteiger charge is -2.19. The molecule has 1 fully saturated rings. The molecule has 2 aromatic carbocycles. The third-order valence-electron chi connectivity index (χ3n) is 4.88. The highest BCUT2D eigenvalue weighted by atomic mass is 16.5. The highest BCUT2D eigenvalue weighted by Crippen LogP contribution is 2.22. The molecule has 146 valence electrons. The van der Waals surface area contributed by atoms with E-state index in [1.54, 1.807) is 24.3 Å². The molecule has 0 N–H and O–H groups in total. The maximum Gasteiger partial charge on any atom is 0.338 e. The van der Waals surface area contributed by atoms with E-state index in [4.69, 9.17) is 4.74 Å². The molecule has 1 aliphatic heterocycles. The quantitative estimate of drug-likeness (QED) is 0.582. The lowest BCUT2D eigenvalue weighted by molar-refractivity contribution is -0.139. The number of carbonyl (C=O) groups is 3. The number of rotatable bonds is 5. The number of likely N-dealkylation sites (tertiary alicyclic amines) is 1. The number of hydrogen-bond acceptors (Lipinski definition) is 4. The van der Waals surface area contributed by atoms with Gasteiger partial charge in [0.25, 0.3) is 0 Å². The van der Waals surface area contributed by atoms with Gasteiger partial charge in [-0.2, -0.15) is 0 Å². The van der Waals surface area contributed by atoms with Crippen LogP contribution in [0.25, 0.3) is 0 Å². The summed E-state index contributed by atoms with van der Waals surface area (Å²) in [7, 11) is 0. The molecule has 0 atom stereocenters. The fourth-order valence-corrected chi connectivity index (χ4v) is 3.06. The van der Waals surface area contributed by atoms with Crippen LogP contribution in [0, 0.1) is 0 Å². The zero-order chi connectivity index (χ0) is 20.3. The number of carbonyl (C=O) groups excluding carboxylic acids is 3. The van der Waals surface area contributed by atoms with Crippen molar-refractivity contribution in [3.8, 4) is 0 Å². The molecule has 0 aromatic heterocycles. The number of nitrogens with zero attached hydrogens (tertiary/aromatic N) is 1. The largest absolute Gasteiger partial charge is 0.457 e. The number of amides is 2. The molecule has 0 unspecified atom stereocenters. The number of ether oxygens (including phenoxy) is 1. The molecule has 1 heterocycles. The molecular formula is C23H25NO4. The lowest BCUT2D eigenvalue weighted by Crippen LogP contribution is -2.28. The van der Waals surface area contributed by atoms with Gasteiger partial charge in [-0.3, -0.25) is 14.5 Å². The van der Waals surface area contributed by atoms with Crippen molar-refractivity contribution < 1.29 is 19.1 Å². The summed E-state index contributed by atoms with van der Waals surface area (Å²) in [6, 6.07) is 14.9. The molecule has 1 aliphatic rings. The predicted molar refractivity (Wildman–Crippen MR) is 105 cm³/mol. The third kappa shape index (κ3) is 4.66. The molecule has 0 spiro atoms. The molecule has 2 amide bonds. The van der Waals surface area contributed by atoms with Gasteiger partial charge in [-0.25, -0.2) is 4.79 Å². The summed E-state index contributed by atoms with van der Waals surface area (Å²) < 4.78 is 5.39. The Morgan fingerprint density at radius 2 is 1.43 bits per heavy atom. The summed E-state index contributed by atoms with van der Waals surface area (Å²) in [6.07, 6.45) is 0.556. The van der Waals surface area contributed by atoms with Gasteiger partial charge in [0, 0.05) is 12.8 Å². The molecule has 1 saturated heterocycles. The third-order valence-corrected chi connectivity index (χ3v) is 4.88. The fraction of sp³-hybridized carbons (Fsp3) is 0.348. The Labute approximate surface area is 165 Å². The van der Waals surface area contributed by atoms with E-state index in [-0.39, 0.29) is 43.2 Å². The van der Waals surface area contributed by atoms with E-state index >= 15 is 0 Å². The standard InChI is InChI=1S/C23H25NO4/c1-23(2,3)19-10-6-17(7-11-19)15-28-22(27)18-8-4-16(5-9-18)14-24-20(25)12-13-21(24)26/h4-11H,12-15H2,1-3H3. The smallest absolute Gasteiger partial charge is 0.338 e. The van der Waals surface area contributed by atoms with Gasteiger partial charge < -0.3 is 4.74 Å². The van der Waals surface area contributed by atoms with Crippen LogP contribution in [0.1, 0.15) is 60.7 Å². The summed E-state index contributed by atoms with van der Waals surface area (Å²) in [6.45, 7) is 6.92. The molecule has 5 nitrogen and oxygen atoms in total. The fourth-order valence-electron chi connectivity index (χ4n) is 3.06. The maximum atomic E-state index is 12.3. The SMILES string of the molecule is CC(C)(C)c1ccc(COC(=O)c2ccc(CN3C(=O)CCC3=O)cc2)cc1. The molecule has 28 heavy (non-hydrogen) atoms. The summed E-state index contributed by atoms with van der Waals surface area (Å²) in [5.41, 5.74) is 3.49. The Hall–Kier alpha value is -2.95. The van der Waals surface area contributed by atoms with Crippen molar-refractivity contribution in [2.45, 2.75) is 52.2 Å². The normalized spacial score (nSPS) is 14.5. The molecule has 0 radical (unpaired) electrons. The maximum absolute atomic E-state index is 12.3. The van der Waals surface area contributed by atoms with Crippen molar-refractivity contribution in [3.05, 3.63) is 70.8 Å². The number of hydrogen-bond donors (Lipinski definition) is 0. The van der Waals surface area contributed by atoms with Crippen LogP contribution >= 0.6 is 0 Å². The van der Waals surface area contributed by atoms with Gasteiger partial charge >= 0.3 is 5.97 Å². The van der Waals surface area contributed by atoms with Crippen LogP contribution in [0.3, 0.4) is 0 Å². The zero-order valence-corrected chi connectivity index (χ0v) is 16.5. The number of imide groups is 1. The highest BCUT2D eigenvalue weighted by Gasteiger charge is 2.28. The molecule has 0 bridgehead atoms. The minimum atomic E-state index is -0.403. The lowest BCUT2D eigenvalue weighted by atomic mass is 9.87. The highest BCUT2D eigenvalue weighted by molar-refractivity contribution is 6.01. The van der Waals surface area contributed by atoms with Gasteiger partial charge in [-0.15, -0.1) is 0 Å². The molecule has 5 heteroatoms. The second kappa shape index (κ2) is 7.97. The van der Waals surface area contributed by atoms with Gasteiger partial charge in [0.15, 0.2) is 0 Å². The average molecular weight is 379 g/mol. The second-order valence-corrected chi connectivity index (χ2v) is 8.09. The van der Waals surface area contributed by atoms with E-state index in [1.807, 2.05) is 12.1 Å². The molecule has 2 aromatic rings. The first-order valence-electron chi connectivity index (χ1n) is 9.43. The van der Waals surface area contributed by atoms with E-state index in [9.17, 15) is 14.4 Å². The van der Waals surface area contributed by atoms with Gasteiger partial charge in [-0.1, -0.05) is 57.2 Å². The van der Waals surface area contributed by atoms with Crippen LogP contribution in [-0.4, -0.2) is 22.7 Å². The van der Waals surface area contributed by atoms with Gasteiger partial charge in [0.1, 0.15) is 6.61 Å². The Bertz CT molecular complexity index is 860. The predicted octanol–water partition coefficient (Wildman–Crippen LogP) is 3.99. The van der Waals surface area contributed by atoms with Crippen molar-refractivity contribution in [1.82, 2.24) is 4.90 Å². The monoisotopic (exact) mass is 379 g/mol. The minimum Gasteiger partial charge on any atom is -0.457 e. The first kappa shape index (κ1) is 19.8. The van der Waals surface area contributed by atoms with Crippen LogP contribution in [0.2, 0.25) is 0 Å². The summed E-state index contributed by atoms with van der Waals surface area (Å²) in [4.78, 5) is 36.9. The van der Waals surface area contributed by atoms with E-state index in [1.165, 1.54) is 10.5 Å². The van der Waals surface area contributed by atoms with E-state index in [0.717, 1.165) is 11.1 Å². The molecule has 0 saturated carbocycles. The van der Waals surface area contributed by atoms with Crippen LogP contribution in [0.4, 0.5) is 0 Å². The number of esters is 1. The minimum absolute atomic E-state index is 0.0846. The molecular weight excluding hydrogens is 354 g/mol. The first-order chi connectivity index (χ1) is 13.2. The van der Waals surface area contributed by atoms with Crippen LogP contribution < -0.4 is 0 Å². The molecule has 3 rings (SSSR count). The Kier molecular flexibility index (Phi) is 5.63.